The number of anilines is 2. The van der Waals surface area contributed by atoms with E-state index in [2.05, 4.69) is 10.2 Å². The Labute approximate surface area is 245 Å². The van der Waals surface area contributed by atoms with E-state index in [1.54, 1.807) is 34.1 Å². The number of allylic oxidation sites excluding steroid dienone is 2. The topological polar surface area (TPSA) is 151 Å². The molecule has 0 unspecified atom stereocenters. The van der Waals surface area contributed by atoms with Crippen LogP contribution in [-0.4, -0.2) is 82.9 Å². The summed E-state index contributed by atoms with van der Waals surface area (Å²) in [6.45, 7) is 2.57. The molecule has 0 bridgehead atoms. The first-order valence-corrected chi connectivity index (χ1v) is 13.8. The molecule has 16 heteroatoms. The maximum atomic E-state index is 13.4. The van der Waals surface area contributed by atoms with Crippen molar-refractivity contribution >= 4 is 55.5 Å². The predicted molar refractivity (Wildman–Crippen MR) is 136 cm³/mol. The van der Waals surface area contributed by atoms with Crippen molar-refractivity contribution in [1.82, 2.24) is 15.1 Å². The fourth-order valence-corrected chi connectivity index (χ4v) is 5.38. The fraction of sp³-hybridized carbons (Fsp3) is 0.381. The monoisotopic (exact) mass is 577 g/mol. The molecule has 0 aromatic carbocycles. The average Bonchev–Trinajstić information content (AvgIpc) is 3.55. The summed E-state index contributed by atoms with van der Waals surface area (Å²) in [5.41, 5.74) is 1.03. The van der Waals surface area contributed by atoms with Crippen LogP contribution >= 0.6 is 23.6 Å². The van der Waals surface area contributed by atoms with Crippen LogP contribution in [0.1, 0.15) is 12.1 Å². The van der Waals surface area contributed by atoms with Crippen LogP contribution in [0.3, 0.4) is 0 Å². The number of thiocarbonyl (C=S) groups is 1. The first-order chi connectivity index (χ1) is 17.2. The third-order valence-electron chi connectivity index (χ3n) is 5.25. The van der Waals surface area contributed by atoms with E-state index < -0.39 is 15.9 Å². The van der Waals surface area contributed by atoms with Gasteiger partial charge in [0.1, 0.15) is 10.7 Å². The molecule has 0 saturated carbocycles. The molecule has 2 aromatic rings. The number of hydrogen-bond acceptors (Lipinski definition) is 11. The minimum absolute atomic E-state index is 0. The number of aromatic amines is 1. The van der Waals surface area contributed by atoms with Crippen molar-refractivity contribution in [2.45, 2.75) is 13.3 Å². The van der Waals surface area contributed by atoms with Crippen LogP contribution in [0.4, 0.5) is 10.8 Å². The predicted octanol–water partition coefficient (Wildman–Crippen LogP) is -1.71. The number of amides is 1. The minimum atomic E-state index is -4.34. The van der Waals surface area contributed by atoms with Gasteiger partial charge < -0.3 is 28.9 Å². The first kappa shape index (κ1) is 29.7. The van der Waals surface area contributed by atoms with Gasteiger partial charge >= 0.3 is 29.6 Å². The molecule has 2 aliphatic rings. The number of aliphatic hydroxyl groups is 1. The summed E-state index contributed by atoms with van der Waals surface area (Å²) in [7, 11) is -4.34. The summed E-state index contributed by atoms with van der Waals surface area (Å²) in [5.74, 6) is 0.467. The van der Waals surface area contributed by atoms with E-state index in [0.29, 0.717) is 17.5 Å². The second kappa shape index (κ2) is 12.8. The number of aliphatic hydroxyl groups excluding tert-OH is 1. The Balaban J connectivity index is 0.00000380. The molecule has 2 aromatic heterocycles. The molecule has 0 spiro atoms. The van der Waals surface area contributed by atoms with Gasteiger partial charge in [-0.2, -0.15) is 5.10 Å². The van der Waals surface area contributed by atoms with Gasteiger partial charge in [-0.05, 0) is 43.1 Å². The maximum Gasteiger partial charge on any atom is 1.00 e. The number of carbonyl (C=O) groups excluding carboxylic acids is 1. The summed E-state index contributed by atoms with van der Waals surface area (Å²) in [5, 5.41) is 18.8. The zero-order valence-electron chi connectivity index (χ0n) is 20.2. The van der Waals surface area contributed by atoms with Crippen LogP contribution < -0.4 is 44.1 Å². The van der Waals surface area contributed by atoms with Gasteiger partial charge in [0, 0.05) is 36.7 Å². The van der Waals surface area contributed by atoms with E-state index in [-0.39, 0.29) is 85.6 Å². The molecule has 12 nitrogen and oxygen atoms in total. The summed E-state index contributed by atoms with van der Waals surface area (Å²) in [4.78, 5) is 18.1. The van der Waals surface area contributed by atoms with Crippen LogP contribution in [0.25, 0.3) is 0 Å². The number of H-pyrrole nitrogens is 1. The summed E-state index contributed by atoms with van der Waals surface area (Å²) in [6, 6.07) is 3.49. The van der Waals surface area contributed by atoms with Crippen LogP contribution in [0, 0.1) is 6.92 Å². The number of fused-ring (bicyclic) bond motifs is 1. The van der Waals surface area contributed by atoms with Crippen LogP contribution in [0.5, 0.6) is 5.75 Å². The molecule has 1 saturated heterocycles. The van der Waals surface area contributed by atoms with E-state index in [4.69, 9.17) is 26.8 Å². The molecule has 37 heavy (non-hydrogen) atoms. The quantitative estimate of drug-likeness (QED) is 0.103. The molecule has 4 rings (SSSR count). The third kappa shape index (κ3) is 6.99. The van der Waals surface area contributed by atoms with Gasteiger partial charge in [0.15, 0.2) is 16.7 Å². The fourth-order valence-electron chi connectivity index (χ4n) is 3.68. The van der Waals surface area contributed by atoms with Gasteiger partial charge in [0.05, 0.1) is 29.9 Å². The number of rotatable bonds is 11. The van der Waals surface area contributed by atoms with Gasteiger partial charge in [-0.25, -0.2) is 13.3 Å². The SMILES string of the molecule is Cc1cc(N2C(=O)C(=CC=C3Oc4ccsc4N3CCCS(=O)(=O)[O-])N(CCOCCO)C2=S)n[nH]1.[Na+]. The van der Waals surface area contributed by atoms with Crippen molar-refractivity contribution in [3.8, 4) is 5.75 Å². The standard InChI is InChI=1S/C21H25N5O7S3.Na/c1-14-13-17(23-22-14)26-19(28)15(24(21(26)34)7-9-32-10-8-27)3-4-18-25(6-2-12-36(29,30)31)20-16(33-18)5-11-35-20;/h3-5,11,13,27H,2,6-10,12H2,1H3,(H,22,23)(H,29,30,31);/q;+1/p-1. The minimum Gasteiger partial charge on any atom is -0.748 e. The molecule has 0 aliphatic carbocycles. The first-order valence-electron chi connectivity index (χ1n) is 10.9. The number of aromatic nitrogens is 2. The Morgan fingerprint density at radius 1 is 1.30 bits per heavy atom. The molecular weight excluding hydrogens is 553 g/mol. The Bertz CT molecular complexity index is 1310. The number of nitrogens with zero attached hydrogens (tertiary/aromatic N) is 4. The van der Waals surface area contributed by atoms with Crippen molar-refractivity contribution in [2.24, 2.45) is 0 Å². The molecule has 194 valence electrons. The Hall–Kier alpha value is -1.82. The van der Waals surface area contributed by atoms with Gasteiger partial charge in [0.2, 0.25) is 5.88 Å². The summed E-state index contributed by atoms with van der Waals surface area (Å²) < 4.78 is 44.4. The number of aryl methyl sites for hydroxylation is 1. The largest absolute Gasteiger partial charge is 1.00 e. The zero-order valence-corrected chi connectivity index (χ0v) is 24.7. The number of ether oxygens (including phenoxy) is 2. The molecule has 2 N–H and O–H groups in total. The van der Waals surface area contributed by atoms with E-state index >= 15 is 0 Å². The van der Waals surface area contributed by atoms with Crippen LogP contribution in [-0.2, 0) is 19.6 Å². The Morgan fingerprint density at radius 3 is 2.76 bits per heavy atom. The summed E-state index contributed by atoms with van der Waals surface area (Å²) >= 11 is 6.99. The molecule has 4 heterocycles. The normalized spacial score (nSPS) is 17.6. The van der Waals surface area contributed by atoms with Gasteiger partial charge in [-0.1, -0.05) is 0 Å². The number of thiophene rings is 1. The average molecular weight is 578 g/mol. The van der Waals surface area contributed by atoms with E-state index in [0.717, 1.165) is 10.7 Å². The van der Waals surface area contributed by atoms with E-state index in [1.807, 2.05) is 12.3 Å². The third-order valence-corrected chi connectivity index (χ3v) is 7.36. The van der Waals surface area contributed by atoms with Crippen molar-refractivity contribution in [3.05, 3.63) is 46.9 Å². The van der Waals surface area contributed by atoms with Crippen molar-refractivity contribution in [2.75, 3.05) is 48.5 Å². The molecule has 0 radical (unpaired) electrons. The van der Waals surface area contributed by atoms with E-state index in [9.17, 15) is 17.8 Å². The molecular formula is C21H24N5NaO7S3. The smallest absolute Gasteiger partial charge is 0.748 e. The molecule has 2 aliphatic heterocycles. The maximum absolute atomic E-state index is 13.4. The Kier molecular flexibility index (Phi) is 10.3. The van der Waals surface area contributed by atoms with Crippen molar-refractivity contribution < 1.29 is 61.9 Å². The van der Waals surface area contributed by atoms with Crippen molar-refractivity contribution in [1.29, 1.82) is 0 Å². The molecule has 1 amide bonds. The van der Waals surface area contributed by atoms with Gasteiger partial charge in [-0.3, -0.25) is 9.89 Å². The number of carbonyl (C=O) groups is 1. The van der Waals surface area contributed by atoms with Gasteiger partial charge in [0.25, 0.3) is 5.91 Å². The zero-order chi connectivity index (χ0) is 25.9. The molecule has 1 fully saturated rings. The number of hydrogen-bond donors (Lipinski definition) is 2. The Morgan fingerprint density at radius 2 is 2.08 bits per heavy atom. The molecule has 0 atom stereocenters. The van der Waals surface area contributed by atoms with E-state index in [1.165, 1.54) is 16.2 Å². The van der Waals surface area contributed by atoms with Crippen LogP contribution in [0.2, 0.25) is 0 Å². The van der Waals surface area contributed by atoms with Crippen LogP contribution in [0.15, 0.2) is 41.2 Å². The van der Waals surface area contributed by atoms with Gasteiger partial charge in [-0.15, -0.1) is 11.3 Å². The van der Waals surface area contributed by atoms with Crippen molar-refractivity contribution in [3.63, 3.8) is 0 Å². The number of nitrogens with one attached hydrogen (secondary N) is 1. The second-order valence-corrected chi connectivity index (χ2v) is 10.6. The second-order valence-electron chi connectivity index (χ2n) is 7.84. The summed E-state index contributed by atoms with van der Waals surface area (Å²) in [6.07, 6.45) is 3.29.